The van der Waals surface area contributed by atoms with Crippen molar-refractivity contribution in [3.05, 3.63) is 18.2 Å². The molecule has 0 bridgehead atoms. The number of hydrogen-bond acceptors (Lipinski definition) is 6. The predicted molar refractivity (Wildman–Crippen MR) is 90.5 cm³/mol. The van der Waals surface area contributed by atoms with E-state index in [1.807, 2.05) is 18.2 Å². The molecule has 8 heteroatoms. The molecule has 0 unspecified atom stereocenters. The summed E-state index contributed by atoms with van der Waals surface area (Å²) < 4.78 is 5.41. The number of carbonyl (C=O) groups excluding carboxylic acids is 3. The summed E-state index contributed by atoms with van der Waals surface area (Å²) >= 11 is 0. The lowest BCUT2D eigenvalue weighted by Crippen LogP contribution is -2.49. The molecule has 2 aliphatic heterocycles. The van der Waals surface area contributed by atoms with E-state index in [2.05, 4.69) is 15.4 Å². The smallest absolute Gasteiger partial charge is 0.329 e. The number of imide groups is 1. The minimum Gasteiger partial charge on any atom is -0.371 e. The van der Waals surface area contributed by atoms with E-state index in [-0.39, 0.29) is 24.8 Å². The summed E-state index contributed by atoms with van der Waals surface area (Å²) in [5.74, 6) is 0.290. The van der Waals surface area contributed by atoms with Gasteiger partial charge in [-0.25, -0.2) is 4.79 Å². The molecule has 2 saturated heterocycles. The standard InChI is InChI=1S/C17H18N4O4/c22-10-11-3-6-20(7-4-11)12-1-2-13-14(9-12)25-19-16(13)21-8-5-15(23)18-17(21)24/h1-2,9-11H,3-8H2,(H,18,23,24). The van der Waals surface area contributed by atoms with Crippen molar-refractivity contribution in [2.45, 2.75) is 19.3 Å². The first kappa shape index (κ1) is 15.6. The Morgan fingerprint density at radius 3 is 2.72 bits per heavy atom. The topological polar surface area (TPSA) is 95.8 Å². The summed E-state index contributed by atoms with van der Waals surface area (Å²) in [7, 11) is 0. The van der Waals surface area contributed by atoms with Gasteiger partial charge in [-0.1, -0.05) is 5.16 Å². The molecule has 1 N–H and O–H groups in total. The Morgan fingerprint density at radius 2 is 2.00 bits per heavy atom. The number of benzene rings is 1. The van der Waals surface area contributed by atoms with Gasteiger partial charge in [-0.15, -0.1) is 0 Å². The fraction of sp³-hybridized carbons (Fsp3) is 0.412. The number of nitrogens with one attached hydrogen (secondary N) is 1. The number of aldehydes is 1. The third-order valence-corrected chi connectivity index (χ3v) is 4.84. The molecule has 0 aliphatic carbocycles. The Bertz CT molecular complexity index is 838. The van der Waals surface area contributed by atoms with Gasteiger partial charge in [0, 0.05) is 43.7 Å². The monoisotopic (exact) mass is 342 g/mol. The van der Waals surface area contributed by atoms with Crippen molar-refractivity contribution in [3.63, 3.8) is 0 Å². The molecule has 3 amide bonds. The van der Waals surface area contributed by atoms with Gasteiger partial charge in [0.2, 0.25) is 5.91 Å². The maximum Gasteiger partial charge on any atom is 0.329 e. The number of fused-ring (bicyclic) bond motifs is 1. The highest BCUT2D eigenvalue weighted by molar-refractivity contribution is 6.08. The lowest BCUT2D eigenvalue weighted by Gasteiger charge is -2.31. The first-order valence-corrected chi connectivity index (χ1v) is 8.37. The Kier molecular flexibility index (Phi) is 3.87. The zero-order chi connectivity index (χ0) is 17.4. The van der Waals surface area contributed by atoms with Crippen molar-refractivity contribution < 1.29 is 18.9 Å². The SMILES string of the molecule is O=CC1CCN(c2ccc3c(N4CCC(=O)NC4=O)noc3c2)CC1. The molecular formula is C17H18N4O4. The average Bonchev–Trinajstić information content (AvgIpc) is 3.05. The number of nitrogens with zero attached hydrogens (tertiary/aromatic N) is 3. The molecular weight excluding hydrogens is 324 g/mol. The lowest BCUT2D eigenvalue weighted by molar-refractivity contribution is -0.120. The maximum atomic E-state index is 12.0. The van der Waals surface area contributed by atoms with Crippen LogP contribution in [0.4, 0.5) is 16.3 Å². The number of amides is 3. The van der Waals surface area contributed by atoms with E-state index < -0.39 is 6.03 Å². The number of rotatable bonds is 3. The first-order valence-electron chi connectivity index (χ1n) is 8.37. The molecule has 4 rings (SSSR count). The van der Waals surface area contributed by atoms with E-state index in [9.17, 15) is 14.4 Å². The number of anilines is 2. The minimum atomic E-state index is -0.480. The second-order valence-corrected chi connectivity index (χ2v) is 6.40. The van der Waals surface area contributed by atoms with Crippen LogP contribution < -0.4 is 15.1 Å². The van der Waals surface area contributed by atoms with Gasteiger partial charge in [0.05, 0.1) is 5.39 Å². The average molecular weight is 342 g/mol. The van der Waals surface area contributed by atoms with E-state index in [0.29, 0.717) is 11.4 Å². The van der Waals surface area contributed by atoms with Gasteiger partial charge in [-0.2, -0.15) is 0 Å². The molecule has 2 fully saturated rings. The summed E-state index contributed by atoms with van der Waals surface area (Å²) in [6.45, 7) is 1.94. The highest BCUT2D eigenvalue weighted by Gasteiger charge is 2.28. The van der Waals surface area contributed by atoms with Crippen LogP contribution in [0.15, 0.2) is 22.7 Å². The third kappa shape index (κ3) is 2.84. The Morgan fingerprint density at radius 1 is 1.20 bits per heavy atom. The highest BCUT2D eigenvalue weighted by Crippen LogP contribution is 2.31. The van der Waals surface area contributed by atoms with E-state index in [1.54, 1.807) is 0 Å². The number of aromatic nitrogens is 1. The predicted octanol–water partition coefficient (Wildman–Crippen LogP) is 1.69. The summed E-state index contributed by atoms with van der Waals surface area (Å²) in [5, 5.41) is 7.04. The molecule has 3 heterocycles. The van der Waals surface area contributed by atoms with Crippen molar-refractivity contribution in [1.29, 1.82) is 0 Å². The van der Waals surface area contributed by atoms with Gasteiger partial charge in [0.1, 0.15) is 6.29 Å². The van der Waals surface area contributed by atoms with Crippen LogP contribution in [0.5, 0.6) is 0 Å². The minimum absolute atomic E-state index is 0.150. The second kappa shape index (κ2) is 6.19. The molecule has 1 aromatic heterocycles. The van der Waals surface area contributed by atoms with Crippen LogP contribution in [0.2, 0.25) is 0 Å². The first-order chi connectivity index (χ1) is 12.2. The van der Waals surface area contributed by atoms with Crippen LogP contribution in [-0.2, 0) is 9.59 Å². The highest BCUT2D eigenvalue weighted by atomic mass is 16.5. The quantitative estimate of drug-likeness (QED) is 0.853. The Labute approximate surface area is 143 Å². The van der Waals surface area contributed by atoms with Crippen molar-refractivity contribution in [2.75, 3.05) is 29.4 Å². The van der Waals surface area contributed by atoms with E-state index in [4.69, 9.17) is 4.52 Å². The molecule has 25 heavy (non-hydrogen) atoms. The van der Waals surface area contributed by atoms with E-state index in [0.717, 1.165) is 43.3 Å². The third-order valence-electron chi connectivity index (χ3n) is 4.84. The maximum absolute atomic E-state index is 12.0. The van der Waals surface area contributed by atoms with Gasteiger partial charge < -0.3 is 14.2 Å². The number of hydrogen-bond donors (Lipinski definition) is 1. The summed E-state index contributed by atoms with van der Waals surface area (Å²) in [5.41, 5.74) is 1.60. The fourth-order valence-corrected chi connectivity index (χ4v) is 3.36. The normalized spacial score (nSPS) is 19.4. The number of piperidine rings is 1. The Hall–Kier alpha value is -2.90. The van der Waals surface area contributed by atoms with Crippen molar-refractivity contribution in [2.24, 2.45) is 5.92 Å². The number of urea groups is 1. The lowest BCUT2D eigenvalue weighted by atomic mass is 9.98. The molecule has 0 spiro atoms. The van der Waals surface area contributed by atoms with Gasteiger partial charge in [-0.3, -0.25) is 15.0 Å². The molecule has 2 aromatic rings. The zero-order valence-corrected chi connectivity index (χ0v) is 13.6. The fourth-order valence-electron chi connectivity index (χ4n) is 3.36. The van der Waals surface area contributed by atoms with Crippen molar-refractivity contribution in [3.8, 4) is 0 Å². The molecule has 2 aliphatic rings. The molecule has 0 atom stereocenters. The Balaban J connectivity index is 1.58. The van der Waals surface area contributed by atoms with Gasteiger partial charge in [0.15, 0.2) is 11.4 Å². The van der Waals surface area contributed by atoms with Crippen LogP contribution in [-0.4, -0.2) is 43.0 Å². The largest absolute Gasteiger partial charge is 0.371 e. The van der Waals surface area contributed by atoms with Gasteiger partial charge >= 0.3 is 6.03 Å². The van der Waals surface area contributed by atoms with Crippen LogP contribution in [0, 0.1) is 5.92 Å². The summed E-state index contributed by atoms with van der Waals surface area (Å²) in [6, 6.07) is 5.27. The van der Waals surface area contributed by atoms with Gasteiger partial charge in [0.25, 0.3) is 0 Å². The van der Waals surface area contributed by atoms with Crippen molar-refractivity contribution >= 4 is 40.7 Å². The second-order valence-electron chi connectivity index (χ2n) is 6.40. The molecule has 0 radical (unpaired) electrons. The number of carbonyl (C=O) groups is 3. The van der Waals surface area contributed by atoms with Gasteiger partial charge in [-0.05, 0) is 25.0 Å². The molecule has 1 aromatic carbocycles. The van der Waals surface area contributed by atoms with Crippen molar-refractivity contribution in [1.82, 2.24) is 10.5 Å². The zero-order valence-electron chi connectivity index (χ0n) is 13.6. The van der Waals surface area contributed by atoms with E-state index in [1.165, 1.54) is 4.90 Å². The van der Waals surface area contributed by atoms with Crippen LogP contribution in [0.3, 0.4) is 0 Å². The van der Waals surface area contributed by atoms with Crippen LogP contribution in [0.1, 0.15) is 19.3 Å². The van der Waals surface area contributed by atoms with E-state index >= 15 is 0 Å². The molecule has 8 nitrogen and oxygen atoms in total. The summed E-state index contributed by atoms with van der Waals surface area (Å²) in [4.78, 5) is 37.8. The van der Waals surface area contributed by atoms with Crippen LogP contribution in [0.25, 0.3) is 11.0 Å². The molecule has 0 saturated carbocycles. The summed E-state index contributed by atoms with van der Waals surface area (Å²) in [6.07, 6.45) is 2.98. The molecule has 130 valence electrons. The van der Waals surface area contributed by atoms with Crippen LogP contribution >= 0.6 is 0 Å².